The smallest absolute Gasteiger partial charge is 0.320 e. The van der Waals surface area contributed by atoms with Gasteiger partial charge < -0.3 is 15.4 Å². The van der Waals surface area contributed by atoms with Crippen LogP contribution in [0.5, 0.6) is 0 Å². The standard InChI is InChI=1S/C14H14ClFN2O2/c1-2-12(13-4-3-7-20-13)18-14(19)17-9-5-6-11(16)10(15)8-9/h1,5-6,8,12-13H,3-4,7H2,(H2,17,18,19). The molecule has 0 spiro atoms. The summed E-state index contributed by atoms with van der Waals surface area (Å²) < 4.78 is 18.4. The second-order valence-electron chi connectivity index (χ2n) is 4.42. The molecule has 0 aromatic heterocycles. The minimum Gasteiger partial charge on any atom is -0.375 e. The quantitative estimate of drug-likeness (QED) is 0.843. The van der Waals surface area contributed by atoms with Crippen molar-refractivity contribution in [2.45, 2.75) is 25.0 Å². The molecule has 2 amide bonds. The van der Waals surface area contributed by atoms with E-state index in [2.05, 4.69) is 16.6 Å². The number of carbonyl (C=O) groups excluding carboxylic acids is 1. The molecule has 0 bridgehead atoms. The Hall–Kier alpha value is -1.77. The molecule has 1 fully saturated rings. The molecule has 20 heavy (non-hydrogen) atoms. The SMILES string of the molecule is C#CC(NC(=O)Nc1ccc(F)c(Cl)c1)C1CCCO1. The van der Waals surface area contributed by atoms with Gasteiger partial charge in [0, 0.05) is 12.3 Å². The molecular weight excluding hydrogens is 283 g/mol. The highest BCUT2D eigenvalue weighted by atomic mass is 35.5. The Labute approximate surface area is 121 Å². The third kappa shape index (κ3) is 3.62. The summed E-state index contributed by atoms with van der Waals surface area (Å²) in [6.07, 6.45) is 6.98. The van der Waals surface area contributed by atoms with Gasteiger partial charge in [-0.3, -0.25) is 0 Å². The summed E-state index contributed by atoms with van der Waals surface area (Å²) in [5, 5.41) is 5.13. The van der Waals surface area contributed by atoms with Gasteiger partial charge in [0.1, 0.15) is 11.9 Å². The highest BCUT2D eigenvalue weighted by molar-refractivity contribution is 6.31. The van der Waals surface area contributed by atoms with Gasteiger partial charge in [-0.2, -0.15) is 0 Å². The topological polar surface area (TPSA) is 50.4 Å². The molecule has 2 N–H and O–H groups in total. The van der Waals surface area contributed by atoms with Gasteiger partial charge in [0.15, 0.2) is 0 Å². The minimum absolute atomic E-state index is 0.0598. The summed E-state index contributed by atoms with van der Waals surface area (Å²) >= 11 is 5.63. The van der Waals surface area contributed by atoms with Crippen LogP contribution < -0.4 is 10.6 Å². The number of halogens is 2. The number of anilines is 1. The number of rotatable bonds is 3. The lowest BCUT2D eigenvalue weighted by Gasteiger charge is -2.19. The van der Waals surface area contributed by atoms with Gasteiger partial charge in [0.05, 0.1) is 11.1 Å². The summed E-state index contributed by atoms with van der Waals surface area (Å²) in [5.74, 6) is 1.96. The summed E-state index contributed by atoms with van der Waals surface area (Å²) in [7, 11) is 0. The Balaban J connectivity index is 1.94. The van der Waals surface area contributed by atoms with Crippen LogP contribution in [-0.4, -0.2) is 24.8 Å². The van der Waals surface area contributed by atoms with Gasteiger partial charge in [-0.05, 0) is 31.0 Å². The van der Waals surface area contributed by atoms with E-state index in [9.17, 15) is 9.18 Å². The van der Waals surface area contributed by atoms with E-state index in [-0.39, 0.29) is 11.1 Å². The first-order valence-corrected chi connectivity index (χ1v) is 6.58. The third-order valence-corrected chi connectivity index (χ3v) is 3.27. The summed E-state index contributed by atoms with van der Waals surface area (Å²) in [4.78, 5) is 11.8. The summed E-state index contributed by atoms with van der Waals surface area (Å²) in [6.45, 7) is 0.652. The lowest BCUT2D eigenvalue weighted by atomic mass is 10.1. The molecule has 4 nitrogen and oxygen atoms in total. The molecule has 1 heterocycles. The van der Waals surface area contributed by atoms with E-state index in [0.29, 0.717) is 12.3 Å². The number of hydrogen-bond donors (Lipinski definition) is 2. The van der Waals surface area contributed by atoms with E-state index in [4.69, 9.17) is 22.8 Å². The third-order valence-electron chi connectivity index (χ3n) is 2.98. The fourth-order valence-corrected chi connectivity index (χ4v) is 2.17. The average molecular weight is 297 g/mol. The number of terminal acetylenes is 1. The largest absolute Gasteiger partial charge is 0.375 e. The Bertz CT molecular complexity index is 538. The van der Waals surface area contributed by atoms with E-state index in [1.807, 2.05) is 0 Å². The van der Waals surface area contributed by atoms with E-state index >= 15 is 0 Å². The molecule has 1 aromatic carbocycles. The molecule has 2 atom stereocenters. The van der Waals surface area contributed by atoms with Crippen LogP contribution in [0.4, 0.5) is 14.9 Å². The summed E-state index contributed by atoms with van der Waals surface area (Å²) in [6, 6.07) is 2.95. The molecule has 106 valence electrons. The van der Waals surface area contributed by atoms with Crippen molar-refractivity contribution in [1.82, 2.24) is 5.32 Å². The van der Waals surface area contributed by atoms with Crippen molar-refractivity contribution < 1.29 is 13.9 Å². The first-order chi connectivity index (χ1) is 9.60. The first-order valence-electron chi connectivity index (χ1n) is 6.20. The Morgan fingerprint density at radius 3 is 3.00 bits per heavy atom. The van der Waals surface area contributed by atoms with Gasteiger partial charge in [0.25, 0.3) is 0 Å². The molecule has 0 aliphatic carbocycles. The van der Waals surface area contributed by atoms with Crippen LogP contribution in [0, 0.1) is 18.2 Å². The van der Waals surface area contributed by atoms with Crippen molar-refractivity contribution in [3.05, 3.63) is 29.0 Å². The van der Waals surface area contributed by atoms with Crippen LogP contribution in [-0.2, 0) is 4.74 Å². The molecule has 2 rings (SSSR count). The van der Waals surface area contributed by atoms with Crippen molar-refractivity contribution in [2.75, 3.05) is 11.9 Å². The predicted molar refractivity (Wildman–Crippen MR) is 75.2 cm³/mol. The molecule has 0 saturated carbocycles. The average Bonchev–Trinajstić information content (AvgIpc) is 2.94. The summed E-state index contributed by atoms with van der Waals surface area (Å²) in [5.41, 5.74) is 0.386. The Morgan fingerprint density at radius 1 is 1.60 bits per heavy atom. The fraction of sp³-hybridized carbons (Fsp3) is 0.357. The predicted octanol–water partition coefficient (Wildman–Crippen LogP) is 2.78. The van der Waals surface area contributed by atoms with Gasteiger partial charge in [-0.15, -0.1) is 6.42 Å². The minimum atomic E-state index is -0.543. The van der Waals surface area contributed by atoms with Gasteiger partial charge in [-0.1, -0.05) is 17.5 Å². The number of hydrogen-bond acceptors (Lipinski definition) is 2. The van der Waals surface area contributed by atoms with Crippen LogP contribution in [0.3, 0.4) is 0 Å². The van der Waals surface area contributed by atoms with Crippen LogP contribution in [0.2, 0.25) is 5.02 Å². The van der Waals surface area contributed by atoms with Crippen molar-refractivity contribution in [3.63, 3.8) is 0 Å². The normalized spacial score (nSPS) is 19.1. The van der Waals surface area contributed by atoms with E-state index in [1.165, 1.54) is 18.2 Å². The molecule has 1 aromatic rings. The Kier molecular flexibility index (Phi) is 4.83. The zero-order valence-corrected chi connectivity index (χ0v) is 11.4. The van der Waals surface area contributed by atoms with Crippen molar-refractivity contribution in [3.8, 4) is 12.3 Å². The molecule has 2 unspecified atom stereocenters. The maximum Gasteiger partial charge on any atom is 0.320 e. The maximum atomic E-state index is 13.0. The van der Waals surface area contributed by atoms with Gasteiger partial charge in [-0.25, -0.2) is 9.18 Å². The molecule has 1 saturated heterocycles. The van der Waals surface area contributed by atoms with Crippen LogP contribution in [0.25, 0.3) is 0 Å². The molecule has 0 radical (unpaired) electrons. The lowest BCUT2D eigenvalue weighted by Crippen LogP contribution is -2.44. The maximum absolute atomic E-state index is 13.0. The highest BCUT2D eigenvalue weighted by Crippen LogP contribution is 2.19. The lowest BCUT2D eigenvalue weighted by molar-refractivity contribution is 0.0964. The van der Waals surface area contributed by atoms with E-state index in [1.54, 1.807) is 0 Å². The number of amides is 2. The van der Waals surface area contributed by atoms with Crippen LogP contribution >= 0.6 is 11.6 Å². The van der Waals surface area contributed by atoms with Crippen LogP contribution in [0.15, 0.2) is 18.2 Å². The van der Waals surface area contributed by atoms with Crippen molar-refractivity contribution in [2.24, 2.45) is 0 Å². The van der Waals surface area contributed by atoms with E-state index < -0.39 is 17.9 Å². The zero-order chi connectivity index (χ0) is 14.5. The van der Waals surface area contributed by atoms with Gasteiger partial charge in [0.2, 0.25) is 0 Å². The number of urea groups is 1. The highest BCUT2D eigenvalue weighted by Gasteiger charge is 2.25. The van der Waals surface area contributed by atoms with Crippen molar-refractivity contribution >= 4 is 23.3 Å². The number of carbonyl (C=O) groups is 1. The molecule has 6 heteroatoms. The number of ether oxygens (including phenoxy) is 1. The molecule has 1 aliphatic rings. The Morgan fingerprint density at radius 2 is 2.40 bits per heavy atom. The van der Waals surface area contributed by atoms with Crippen LogP contribution in [0.1, 0.15) is 12.8 Å². The monoisotopic (exact) mass is 296 g/mol. The zero-order valence-electron chi connectivity index (χ0n) is 10.7. The number of nitrogens with one attached hydrogen (secondary N) is 2. The van der Waals surface area contributed by atoms with Crippen molar-refractivity contribution in [1.29, 1.82) is 0 Å². The molecular formula is C14H14ClFN2O2. The second-order valence-corrected chi connectivity index (χ2v) is 4.83. The number of benzene rings is 1. The van der Waals surface area contributed by atoms with Gasteiger partial charge >= 0.3 is 6.03 Å². The fourth-order valence-electron chi connectivity index (χ4n) is 1.99. The van der Waals surface area contributed by atoms with E-state index in [0.717, 1.165) is 12.8 Å². The second kappa shape index (κ2) is 6.60. The first kappa shape index (κ1) is 14.6. The molecule has 1 aliphatic heterocycles.